The Bertz CT molecular complexity index is 1420. The van der Waals surface area contributed by atoms with Crippen LogP contribution in [0.1, 0.15) is 106 Å². The van der Waals surface area contributed by atoms with E-state index >= 15 is 0 Å². The van der Waals surface area contributed by atoms with Gasteiger partial charge >= 0.3 is 7.12 Å². The molecule has 3 aliphatic carbocycles. The number of carbonyl (C=O) groups is 3. The lowest BCUT2D eigenvalue weighted by Gasteiger charge is -2.64. The molecule has 1 aromatic carbocycles. The second-order valence-corrected chi connectivity index (χ2v) is 14.9. The van der Waals surface area contributed by atoms with Gasteiger partial charge in [0.15, 0.2) is 0 Å². The van der Waals surface area contributed by atoms with E-state index in [0.29, 0.717) is 35.2 Å². The lowest BCUT2D eigenvalue weighted by atomic mass is 9.43. The third kappa shape index (κ3) is 6.91. The molecule has 3 saturated carbocycles. The van der Waals surface area contributed by atoms with Crippen LogP contribution in [-0.2, 0) is 27.6 Å². The fourth-order valence-corrected chi connectivity index (χ4v) is 7.86. The fraction of sp³-hybridized carbons (Fsp3) is 0.657. The van der Waals surface area contributed by atoms with Crippen molar-refractivity contribution in [1.29, 1.82) is 0 Å². The van der Waals surface area contributed by atoms with Crippen molar-refractivity contribution in [3.63, 3.8) is 0 Å². The third-order valence-corrected chi connectivity index (χ3v) is 10.7. The minimum Gasteiger partial charge on any atom is -0.404 e. The first-order chi connectivity index (χ1) is 21.7. The monoisotopic (exact) mass is 633 g/mol. The zero-order valence-corrected chi connectivity index (χ0v) is 28.8. The average Bonchev–Trinajstić information content (AvgIpc) is 3.54. The number of aromatic nitrogens is 2. The van der Waals surface area contributed by atoms with Crippen LogP contribution in [0.4, 0.5) is 0 Å². The SMILES string of the molecule is CCCCc1ccc(C(=O)N[C@@H](CNC(=O)c2cc(C)nn2C)C(=O)N[C@@H](CC(C)C)B2O[C@@H]3C[C@@H]4C[C@@H](C4(C)C)[C@]3(C)O2)cc1. The molecule has 3 N–H and O–H groups in total. The minimum atomic E-state index is -1.04. The summed E-state index contributed by atoms with van der Waals surface area (Å²) in [6, 6.07) is 8.11. The standard InChI is InChI=1S/C35H52BN5O5/c1-9-10-11-23-12-14-24(15-13-23)31(42)38-26(20-37-33(44)27-17-22(4)40-41(27)8)32(43)39-30(16-21(2)3)36-45-29-19-25-18-28(34(25,5)6)35(29,7)46-36/h12-15,17,21,25-26,28-30H,9-11,16,18-20H2,1-8H3,(H,37,44)(H,38,42)(H,39,43)/t25-,26-,28-,29+,30-,35-/m0/s1. The molecule has 1 aliphatic heterocycles. The maximum atomic E-state index is 14.0. The molecule has 0 unspecified atom stereocenters. The summed E-state index contributed by atoms with van der Waals surface area (Å²) in [5.74, 6) is -0.333. The summed E-state index contributed by atoms with van der Waals surface area (Å²) in [6.07, 6.45) is 5.83. The largest absolute Gasteiger partial charge is 0.481 e. The van der Waals surface area contributed by atoms with Crippen molar-refractivity contribution in [2.24, 2.45) is 30.2 Å². The van der Waals surface area contributed by atoms with Gasteiger partial charge in [-0.3, -0.25) is 19.1 Å². The van der Waals surface area contributed by atoms with Gasteiger partial charge in [-0.15, -0.1) is 0 Å². The predicted molar refractivity (Wildman–Crippen MR) is 178 cm³/mol. The predicted octanol–water partition coefficient (Wildman–Crippen LogP) is 4.40. The second kappa shape index (κ2) is 13.5. The van der Waals surface area contributed by atoms with Crippen LogP contribution >= 0.6 is 0 Å². The number of benzene rings is 1. The normalized spacial score (nSPS) is 25.8. The topological polar surface area (TPSA) is 124 Å². The van der Waals surface area contributed by atoms with Crippen LogP contribution in [-0.4, -0.2) is 64.9 Å². The van der Waals surface area contributed by atoms with Gasteiger partial charge in [0.05, 0.1) is 23.3 Å². The number of hydrogen-bond donors (Lipinski definition) is 3. The Morgan fingerprint density at radius 1 is 1.09 bits per heavy atom. The smallest absolute Gasteiger partial charge is 0.404 e. The van der Waals surface area contributed by atoms with Crippen LogP contribution in [0.3, 0.4) is 0 Å². The molecule has 10 nitrogen and oxygen atoms in total. The van der Waals surface area contributed by atoms with Gasteiger partial charge in [0.2, 0.25) is 5.91 Å². The van der Waals surface area contributed by atoms with Crippen molar-refractivity contribution >= 4 is 24.8 Å². The summed E-state index contributed by atoms with van der Waals surface area (Å²) in [4.78, 5) is 40.5. The Kier molecular flexibility index (Phi) is 10.0. The van der Waals surface area contributed by atoms with E-state index in [0.717, 1.165) is 37.7 Å². The molecule has 250 valence electrons. The van der Waals surface area contributed by atoms with Crippen LogP contribution < -0.4 is 16.0 Å². The van der Waals surface area contributed by atoms with Gasteiger partial charge < -0.3 is 25.3 Å². The molecule has 0 spiro atoms. The van der Waals surface area contributed by atoms with Crippen LogP contribution in [0.5, 0.6) is 0 Å². The van der Waals surface area contributed by atoms with Crippen molar-refractivity contribution in [3.8, 4) is 0 Å². The zero-order valence-electron chi connectivity index (χ0n) is 28.8. The number of aryl methyl sites for hydroxylation is 3. The van der Waals surface area contributed by atoms with Crippen LogP contribution in [0.2, 0.25) is 0 Å². The van der Waals surface area contributed by atoms with E-state index in [2.05, 4.69) is 62.6 Å². The summed E-state index contributed by atoms with van der Waals surface area (Å²) in [5, 5.41) is 13.1. The number of hydrogen-bond acceptors (Lipinski definition) is 6. The summed E-state index contributed by atoms with van der Waals surface area (Å²) in [7, 11) is 1.09. The van der Waals surface area contributed by atoms with Gasteiger partial charge in [-0.25, -0.2) is 0 Å². The number of amides is 3. The Morgan fingerprint density at radius 2 is 1.80 bits per heavy atom. The Balaban J connectivity index is 1.32. The maximum Gasteiger partial charge on any atom is 0.481 e. The summed E-state index contributed by atoms with van der Waals surface area (Å²) in [5.41, 5.74) is 2.49. The highest BCUT2D eigenvalue weighted by Crippen LogP contribution is 2.65. The average molecular weight is 634 g/mol. The second-order valence-electron chi connectivity index (χ2n) is 14.9. The van der Waals surface area contributed by atoms with Gasteiger partial charge in [-0.1, -0.05) is 53.2 Å². The molecule has 4 aliphatic rings. The Labute approximate surface area is 274 Å². The number of carbonyl (C=O) groups excluding carboxylic acids is 3. The van der Waals surface area contributed by atoms with Gasteiger partial charge in [0.1, 0.15) is 11.7 Å². The molecular weight excluding hydrogens is 581 g/mol. The van der Waals surface area contributed by atoms with E-state index in [1.54, 1.807) is 25.2 Å². The quantitative estimate of drug-likeness (QED) is 0.281. The lowest BCUT2D eigenvalue weighted by molar-refractivity contribution is -0.199. The molecule has 6 rings (SSSR count). The third-order valence-electron chi connectivity index (χ3n) is 10.7. The maximum absolute atomic E-state index is 14.0. The van der Waals surface area contributed by atoms with Crippen LogP contribution in [0.25, 0.3) is 0 Å². The molecule has 2 bridgehead atoms. The van der Waals surface area contributed by atoms with E-state index in [-0.39, 0.29) is 35.8 Å². The van der Waals surface area contributed by atoms with Crippen molar-refractivity contribution in [3.05, 3.63) is 52.8 Å². The molecule has 2 heterocycles. The molecular formula is C35H52BN5O5. The minimum absolute atomic E-state index is 0.0155. The summed E-state index contributed by atoms with van der Waals surface area (Å²) in [6.45, 7) is 14.9. The summed E-state index contributed by atoms with van der Waals surface area (Å²) >= 11 is 0. The van der Waals surface area contributed by atoms with Crippen LogP contribution in [0, 0.1) is 30.1 Å². The van der Waals surface area contributed by atoms with E-state index in [1.807, 2.05) is 19.1 Å². The number of nitrogens with zero attached hydrogens (tertiary/aromatic N) is 2. The number of rotatable bonds is 13. The Morgan fingerprint density at radius 3 is 2.41 bits per heavy atom. The first kappa shape index (κ1) is 34.2. The molecule has 1 aromatic heterocycles. The molecule has 6 atom stereocenters. The highest BCUT2D eigenvalue weighted by atomic mass is 16.7. The highest BCUT2D eigenvalue weighted by molar-refractivity contribution is 6.48. The Hall–Kier alpha value is -3.18. The molecule has 1 saturated heterocycles. The van der Waals surface area contributed by atoms with Gasteiger partial charge in [0.25, 0.3) is 11.8 Å². The van der Waals surface area contributed by atoms with E-state index in [4.69, 9.17) is 9.31 Å². The van der Waals surface area contributed by atoms with Crippen molar-refractivity contribution in [1.82, 2.24) is 25.7 Å². The first-order valence-electron chi connectivity index (χ1n) is 17.0. The number of nitrogens with one attached hydrogen (secondary N) is 3. The zero-order chi connectivity index (χ0) is 33.4. The molecule has 0 radical (unpaired) electrons. The summed E-state index contributed by atoms with van der Waals surface area (Å²) < 4.78 is 14.8. The van der Waals surface area contributed by atoms with Crippen molar-refractivity contribution < 1.29 is 23.7 Å². The van der Waals surface area contributed by atoms with Crippen molar-refractivity contribution in [2.75, 3.05) is 6.54 Å². The van der Waals surface area contributed by atoms with Crippen molar-refractivity contribution in [2.45, 2.75) is 111 Å². The van der Waals surface area contributed by atoms with Gasteiger partial charge in [-0.2, -0.15) is 5.10 Å². The van der Waals surface area contributed by atoms with E-state index in [1.165, 1.54) is 4.68 Å². The molecule has 11 heteroatoms. The van der Waals surface area contributed by atoms with Gasteiger partial charge in [-0.05, 0) is 92.9 Å². The first-order valence-corrected chi connectivity index (χ1v) is 17.0. The van der Waals surface area contributed by atoms with Gasteiger partial charge in [0, 0.05) is 19.2 Å². The molecule has 2 aromatic rings. The number of unbranched alkanes of at least 4 members (excludes halogenated alkanes) is 1. The van der Waals surface area contributed by atoms with E-state index < -0.39 is 30.6 Å². The lowest BCUT2D eigenvalue weighted by Crippen LogP contribution is -2.65. The fourth-order valence-electron chi connectivity index (χ4n) is 7.86. The van der Waals surface area contributed by atoms with E-state index in [9.17, 15) is 14.4 Å². The van der Waals surface area contributed by atoms with Crippen LogP contribution in [0.15, 0.2) is 30.3 Å². The molecule has 4 fully saturated rings. The highest BCUT2D eigenvalue weighted by Gasteiger charge is 2.68. The molecule has 46 heavy (non-hydrogen) atoms. The molecule has 3 amide bonds.